The highest BCUT2D eigenvalue weighted by Crippen LogP contribution is 2.41. The quantitative estimate of drug-likeness (QED) is 0.774. The Labute approximate surface area is 97.4 Å². The highest BCUT2D eigenvalue weighted by Gasteiger charge is 2.29. The van der Waals surface area contributed by atoms with Crippen molar-refractivity contribution in [3.8, 4) is 0 Å². The summed E-state index contributed by atoms with van der Waals surface area (Å²) < 4.78 is 5.29. The van der Waals surface area contributed by atoms with Gasteiger partial charge in [0.15, 0.2) is 3.92 Å². The van der Waals surface area contributed by atoms with Crippen LogP contribution in [0.4, 0.5) is 0 Å². The van der Waals surface area contributed by atoms with E-state index in [-0.39, 0.29) is 0 Å². The first kappa shape index (κ1) is 10.6. The fourth-order valence-corrected chi connectivity index (χ4v) is 2.93. The molecule has 0 saturated heterocycles. The summed E-state index contributed by atoms with van der Waals surface area (Å²) in [6.07, 6.45) is 5.09. The van der Waals surface area contributed by atoms with Crippen molar-refractivity contribution in [1.29, 1.82) is 0 Å². The molecule has 0 bridgehead atoms. The maximum Gasteiger partial charge on any atom is 0.179 e. The van der Waals surface area contributed by atoms with Crippen LogP contribution in [0.25, 0.3) is 0 Å². The van der Waals surface area contributed by atoms with Gasteiger partial charge < -0.3 is 0 Å². The fraction of sp³-hybridized carbons (Fsp3) is 0.800. The zero-order chi connectivity index (χ0) is 10.2. The first-order valence-corrected chi connectivity index (χ1v) is 6.63. The van der Waals surface area contributed by atoms with E-state index in [9.17, 15) is 0 Å². The van der Waals surface area contributed by atoms with Crippen LogP contribution in [-0.4, -0.2) is 9.36 Å². The second kappa shape index (κ2) is 3.89. The minimum atomic E-state index is 0.532. The molecule has 2 nitrogen and oxygen atoms in total. The Balaban J connectivity index is 2.02. The summed E-state index contributed by atoms with van der Waals surface area (Å²) >= 11 is 4.82. The van der Waals surface area contributed by atoms with Gasteiger partial charge in [0.1, 0.15) is 5.82 Å². The zero-order valence-electron chi connectivity index (χ0n) is 8.59. The van der Waals surface area contributed by atoms with E-state index in [1.807, 2.05) is 0 Å². The van der Waals surface area contributed by atoms with Crippen molar-refractivity contribution >= 4 is 27.5 Å². The summed E-state index contributed by atoms with van der Waals surface area (Å²) in [6, 6.07) is 0. The number of hydrogen-bond donors (Lipinski definition) is 0. The van der Waals surface area contributed by atoms with E-state index < -0.39 is 0 Å². The lowest BCUT2D eigenvalue weighted by molar-refractivity contribution is 0.221. The van der Waals surface area contributed by atoms with Crippen molar-refractivity contribution in [2.24, 2.45) is 5.41 Å². The summed E-state index contributed by atoms with van der Waals surface area (Å²) in [6.45, 7) is 4.71. The predicted octanol–water partition coefficient (Wildman–Crippen LogP) is 3.98. The predicted molar refractivity (Wildman–Crippen MR) is 62.6 cm³/mol. The number of hydrogen-bond acceptors (Lipinski definition) is 3. The zero-order valence-corrected chi connectivity index (χ0v) is 11.0. The molecule has 0 atom stereocenters. The van der Waals surface area contributed by atoms with E-state index in [1.54, 1.807) is 0 Å². The van der Waals surface area contributed by atoms with Crippen LogP contribution in [-0.2, 0) is 0 Å². The van der Waals surface area contributed by atoms with Crippen LogP contribution in [0.3, 0.4) is 0 Å². The molecule has 0 aliphatic heterocycles. The van der Waals surface area contributed by atoms with E-state index in [0.717, 1.165) is 9.74 Å². The van der Waals surface area contributed by atoms with Crippen LogP contribution in [0, 0.1) is 5.41 Å². The Morgan fingerprint density at radius 3 is 2.50 bits per heavy atom. The maximum atomic E-state index is 4.41. The molecule has 0 spiro atoms. The second-order valence-corrected chi connectivity index (χ2v) is 6.87. The van der Waals surface area contributed by atoms with Crippen molar-refractivity contribution in [1.82, 2.24) is 9.36 Å². The van der Waals surface area contributed by atoms with Crippen LogP contribution in [0.1, 0.15) is 51.3 Å². The molecule has 1 heterocycles. The Hall–Kier alpha value is 0.0400. The Kier molecular flexibility index (Phi) is 2.93. The molecular weight excluding hydrogens is 260 g/mol. The molecule has 0 amide bonds. The van der Waals surface area contributed by atoms with Gasteiger partial charge >= 0.3 is 0 Å². The molecule has 1 aliphatic carbocycles. The van der Waals surface area contributed by atoms with E-state index >= 15 is 0 Å². The molecule has 0 radical (unpaired) electrons. The summed E-state index contributed by atoms with van der Waals surface area (Å²) in [5, 5.41) is 0. The van der Waals surface area contributed by atoms with E-state index in [4.69, 9.17) is 0 Å². The van der Waals surface area contributed by atoms with Gasteiger partial charge in [-0.3, -0.25) is 0 Å². The van der Waals surface area contributed by atoms with Crippen molar-refractivity contribution in [2.45, 2.75) is 45.4 Å². The lowest BCUT2D eigenvalue weighted by atomic mass is 9.73. The Morgan fingerprint density at radius 1 is 1.36 bits per heavy atom. The molecule has 4 heteroatoms. The average molecular weight is 275 g/mol. The molecular formula is C10H15BrN2S. The molecule has 2 rings (SSSR count). The van der Waals surface area contributed by atoms with Crippen molar-refractivity contribution < 1.29 is 0 Å². The van der Waals surface area contributed by atoms with Crippen LogP contribution in [0.5, 0.6) is 0 Å². The molecule has 1 aliphatic rings. The highest BCUT2D eigenvalue weighted by atomic mass is 79.9. The van der Waals surface area contributed by atoms with E-state index in [1.165, 1.54) is 37.2 Å². The van der Waals surface area contributed by atoms with E-state index in [2.05, 4.69) is 39.1 Å². The number of aromatic nitrogens is 2. The van der Waals surface area contributed by atoms with E-state index in [0.29, 0.717) is 11.3 Å². The molecule has 78 valence electrons. The normalized spacial score (nSPS) is 22.5. The molecule has 1 aromatic rings. The van der Waals surface area contributed by atoms with Gasteiger partial charge in [0.25, 0.3) is 0 Å². The van der Waals surface area contributed by atoms with Crippen LogP contribution < -0.4 is 0 Å². The third-order valence-corrected chi connectivity index (χ3v) is 4.25. The van der Waals surface area contributed by atoms with Gasteiger partial charge in [-0.2, -0.15) is 4.37 Å². The van der Waals surface area contributed by atoms with Gasteiger partial charge in [-0.25, -0.2) is 4.98 Å². The molecule has 1 aromatic heterocycles. The largest absolute Gasteiger partial charge is 0.212 e. The Morgan fingerprint density at radius 2 is 2.00 bits per heavy atom. The van der Waals surface area contributed by atoms with Crippen molar-refractivity contribution in [3.63, 3.8) is 0 Å². The molecule has 0 unspecified atom stereocenters. The third-order valence-electron chi connectivity index (χ3n) is 3.12. The summed E-state index contributed by atoms with van der Waals surface area (Å²) in [4.78, 5) is 4.41. The molecule has 14 heavy (non-hydrogen) atoms. The van der Waals surface area contributed by atoms with Crippen LogP contribution in [0.15, 0.2) is 3.92 Å². The van der Waals surface area contributed by atoms with Gasteiger partial charge in [0.2, 0.25) is 0 Å². The first-order chi connectivity index (χ1) is 6.57. The van der Waals surface area contributed by atoms with Gasteiger partial charge in [-0.1, -0.05) is 13.8 Å². The summed E-state index contributed by atoms with van der Waals surface area (Å²) in [7, 11) is 0. The lowest BCUT2D eigenvalue weighted by Crippen LogP contribution is -2.20. The number of halogens is 1. The van der Waals surface area contributed by atoms with Crippen molar-refractivity contribution in [3.05, 3.63) is 9.74 Å². The molecule has 0 N–H and O–H groups in total. The minimum absolute atomic E-state index is 0.532. The van der Waals surface area contributed by atoms with Gasteiger partial charge in [0.05, 0.1) is 0 Å². The number of nitrogens with zero attached hydrogens (tertiary/aromatic N) is 2. The average Bonchev–Trinajstić information content (AvgIpc) is 2.52. The smallest absolute Gasteiger partial charge is 0.179 e. The second-order valence-electron chi connectivity index (χ2n) is 4.84. The van der Waals surface area contributed by atoms with Gasteiger partial charge in [-0.05, 0) is 58.6 Å². The third kappa shape index (κ3) is 2.34. The lowest BCUT2D eigenvalue weighted by Gasteiger charge is -2.33. The SMILES string of the molecule is CC1(C)CCC(c2nsc(Br)n2)CC1. The van der Waals surface area contributed by atoms with Gasteiger partial charge in [0, 0.05) is 5.92 Å². The molecule has 0 aromatic carbocycles. The highest BCUT2D eigenvalue weighted by molar-refractivity contribution is 9.11. The molecule has 1 saturated carbocycles. The Bertz CT molecular complexity index is 312. The first-order valence-electron chi connectivity index (χ1n) is 5.06. The summed E-state index contributed by atoms with van der Waals surface area (Å²) in [5.41, 5.74) is 0.532. The monoisotopic (exact) mass is 274 g/mol. The minimum Gasteiger partial charge on any atom is -0.212 e. The van der Waals surface area contributed by atoms with Crippen LogP contribution >= 0.6 is 27.5 Å². The number of rotatable bonds is 1. The topological polar surface area (TPSA) is 25.8 Å². The van der Waals surface area contributed by atoms with Crippen LogP contribution in [0.2, 0.25) is 0 Å². The maximum absolute atomic E-state index is 4.41. The fourth-order valence-electron chi connectivity index (χ4n) is 2.04. The van der Waals surface area contributed by atoms with Gasteiger partial charge in [-0.15, -0.1) is 0 Å². The van der Waals surface area contributed by atoms with Crippen molar-refractivity contribution in [2.75, 3.05) is 0 Å². The standard InChI is InChI=1S/C10H15BrN2S/c1-10(2)5-3-7(4-6-10)8-12-9(11)14-13-8/h7H,3-6H2,1-2H3. The summed E-state index contributed by atoms with van der Waals surface area (Å²) in [5.74, 6) is 1.66. The molecule has 1 fully saturated rings.